The highest BCUT2D eigenvalue weighted by molar-refractivity contribution is 7.99. The normalized spacial score (nSPS) is 12.6. The maximum Gasteiger partial charge on any atom is 0.313 e. The van der Waals surface area contributed by atoms with E-state index in [0.717, 1.165) is 11.8 Å². The lowest BCUT2D eigenvalue weighted by Gasteiger charge is -2.15. The quantitative estimate of drug-likeness (QED) is 0.693. The zero-order chi connectivity index (χ0) is 12.8. The molecule has 7 nitrogen and oxygen atoms in total. The summed E-state index contributed by atoms with van der Waals surface area (Å²) in [6.45, 7) is 4.92. The number of aromatic nitrogens is 3. The van der Waals surface area contributed by atoms with E-state index in [0.29, 0.717) is 18.4 Å². The van der Waals surface area contributed by atoms with E-state index in [1.165, 1.54) is 0 Å². The molecule has 1 atom stereocenters. The minimum absolute atomic E-state index is 0.0266. The number of hydrogen-bond acceptors (Lipinski definition) is 6. The maximum atomic E-state index is 10.5. The zero-order valence-corrected chi connectivity index (χ0v) is 10.6. The van der Waals surface area contributed by atoms with Gasteiger partial charge in [0.25, 0.3) is 0 Å². The van der Waals surface area contributed by atoms with Gasteiger partial charge in [0.2, 0.25) is 5.95 Å². The van der Waals surface area contributed by atoms with Gasteiger partial charge in [-0.15, -0.1) is 10.2 Å². The first kappa shape index (κ1) is 13.8. The van der Waals surface area contributed by atoms with E-state index in [-0.39, 0.29) is 17.7 Å². The Kier molecular flexibility index (Phi) is 5.23. The number of carboxylic acid groups (broad SMARTS) is 1. The van der Waals surface area contributed by atoms with Crippen LogP contribution in [-0.4, -0.2) is 44.8 Å². The average Bonchev–Trinajstić information content (AvgIpc) is 2.64. The van der Waals surface area contributed by atoms with Gasteiger partial charge in [-0.1, -0.05) is 11.8 Å². The summed E-state index contributed by atoms with van der Waals surface area (Å²) in [5, 5.41) is 16.7. The number of thioether (sulfide) groups is 1. The second kappa shape index (κ2) is 6.45. The van der Waals surface area contributed by atoms with Crippen LogP contribution in [0.2, 0.25) is 0 Å². The van der Waals surface area contributed by atoms with Crippen LogP contribution in [0, 0.1) is 0 Å². The first-order chi connectivity index (χ1) is 8.06. The van der Waals surface area contributed by atoms with E-state index in [1.54, 1.807) is 4.57 Å². The van der Waals surface area contributed by atoms with Crippen molar-refractivity contribution in [1.29, 1.82) is 0 Å². The van der Waals surface area contributed by atoms with Gasteiger partial charge in [-0.05, 0) is 13.8 Å². The molecule has 0 aromatic carbocycles. The summed E-state index contributed by atoms with van der Waals surface area (Å²) in [5.74, 6) is -0.704. The van der Waals surface area contributed by atoms with Crippen molar-refractivity contribution >= 4 is 23.7 Å². The molecule has 0 saturated heterocycles. The van der Waals surface area contributed by atoms with Crippen molar-refractivity contribution in [2.45, 2.75) is 25.0 Å². The fourth-order valence-corrected chi connectivity index (χ4v) is 2.05. The standard InChI is InChI=1S/C9H16N4O3S/c1-3-16-4-6(2)13-8(10)11-12-9(13)17-5-7(14)15/h6H,3-5H2,1-2H3,(H2,10,11)(H,14,15). The molecule has 96 valence electrons. The summed E-state index contributed by atoms with van der Waals surface area (Å²) in [5.41, 5.74) is 5.69. The van der Waals surface area contributed by atoms with E-state index < -0.39 is 5.97 Å². The minimum Gasteiger partial charge on any atom is -0.481 e. The topological polar surface area (TPSA) is 103 Å². The lowest BCUT2D eigenvalue weighted by atomic mass is 10.3. The van der Waals surface area contributed by atoms with Crippen molar-refractivity contribution in [3.63, 3.8) is 0 Å². The molecule has 17 heavy (non-hydrogen) atoms. The number of carboxylic acids is 1. The number of anilines is 1. The van der Waals surface area contributed by atoms with Gasteiger partial charge in [-0.2, -0.15) is 0 Å². The van der Waals surface area contributed by atoms with E-state index in [4.69, 9.17) is 15.6 Å². The average molecular weight is 260 g/mol. The van der Waals surface area contributed by atoms with Gasteiger partial charge in [-0.25, -0.2) is 0 Å². The summed E-state index contributed by atoms with van der Waals surface area (Å²) < 4.78 is 6.98. The molecular formula is C9H16N4O3S. The summed E-state index contributed by atoms with van der Waals surface area (Å²) in [6, 6.07) is -0.0266. The summed E-state index contributed by atoms with van der Waals surface area (Å²) >= 11 is 1.09. The van der Waals surface area contributed by atoms with Crippen molar-refractivity contribution in [2.24, 2.45) is 0 Å². The third kappa shape index (κ3) is 3.90. The Morgan fingerprint density at radius 3 is 2.94 bits per heavy atom. The van der Waals surface area contributed by atoms with Crippen LogP contribution in [0.4, 0.5) is 5.95 Å². The fourth-order valence-electron chi connectivity index (χ4n) is 1.29. The van der Waals surface area contributed by atoms with E-state index in [1.807, 2.05) is 13.8 Å². The van der Waals surface area contributed by atoms with Crippen LogP contribution in [0.5, 0.6) is 0 Å². The molecule has 0 aliphatic heterocycles. The number of aliphatic carboxylic acids is 1. The third-order valence-electron chi connectivity index (χ3n) is 2.02. The van der Waals surface area contributed by atoms with Crippen LogP contribution in [0.3, 0.4) is 0 Å². The molecule has 0 fully saturated rings. The molecule has 0 spiro atoms. The molecule has 0 radical (unpaired) electrons. The molecule has 0 bridgehead atoms. The van der Waals surface area contributed by atoms with Gasteiger partial charge in [0, 0.05) is 6.61 Å². The number of rotatable bonds is 7. The smallest absolute Gasteiger partial charge is 0.313 e. The molecule has 1 rings (SSSR count). The van der Waals surface area contributed by atoms with Crippen molar-refractivity contribution in [3.05, 3.63) is 0 Å². The van der Waals surface area contributed by atoms with Gasteiger partial charge in [0.1, 0.15) is 0 Å². The molecule has 8 heteroatoms. The maximum absolute atomic E-state index is 10.5. The number of ether oxygens (including phenoxy) is 1. The molecule has 1 aromatic rings. The summed E-state index contributed by atoms with van der Waals surface area (Å²) in [4.78, 5) is 10.5. The fraction of sp³-hybridized carbons (Fsp3) is 0.667. The van der Waals surface area contributed by atoms with Crippen LogP contribution in [0.25, 0.3) is 0 Å². The molecule has 0 amide bonds. The third-order valence-corrected chi connectivity index (χ3v) is 2.95. The van der Waals surface area contributed by atoms with Gasteiger partial charge in [0.15, 0.2) is 5.16 Å². The van der Waals surface area contributed by atoms with E-state index in [9.17, 15) is 4.79 Å². The Labute approximate surface area is 103 Å². The lowest BCUT2D eigenvalue weighted by Crippen LogP contribution is -2.16. The molecule has 3 N–H and O–H groups in total. The Morgan fingerprint density at radius 2 is 2.35 bits per heavy atom. The predicted molar refractivity (Wildman–Crippen MR) is 64.0 cm³/mol. The van der Waals surface area contributed by atoms with Crippen LogP contribution < -0.4 is 5.73 Å². The van der Waals surface area contributed by atoms with Crippen molar-refractivity contribution < 1.29 is 14.6 Å². The van der Waals surface area contributed by atoms with E-state index in [2.05, 4.69) is 10.2 Å². The van der Waals surface area contributed by atoms with Crippen LogP contribution in [0.15, 0.2) is 5.16 Å². The second-order valence-corrected chi connectivity index (χ2v) is 4.34. The molecule has 0 aliphatic carbocycles. The lowest BCUT2D eigenvalue weighted by molar-refractivity contribution is -0.133. The molecule has 1 unspecified atom stereocenters. The monoisotopic (exact) mass is 260 g/mol. The van der Waals surface area contributed by atoms with Crippen molar-refractivity contribution in [3.8, 4) is 0 Å². The largest absolute Gasteiger partial charge is 0.481 e. The number of carbonyl (C=O) groups is 1. The van der Waals surface area contributed by atoms with Crippen molar-refractivity contribution in [1.82, 2.24) is 14.8 Å². The van der Waals surface area contributed by atoms with Gasteiger partial charge >= 0.3 is 5.97 Å². The number of nitrogen functional groups attached to an aromatic ring is 1. The van der Waals surface area contributed by atoms with Crippen LogP contribution in [0.1, 0.15) is 19.9 Å². The van der Waals surface area contributed by atoms with Gasteiger partial charge < -0.3 is 15.6 Å². The Balaban J connectivity index is 2.74. The highest BCUT2D eigenvalue weighted by Crippen LogP contribution is 2.22. The molecule has 0 saturated carbocycles. The molecule has 1 aromatic heterocycles. The highest BCUT2D eigenvalue weighted by atomic mass is 32.2. The van der Waals surface area contributed by atoms with Crippen LogP contribution >= 0.6 is 11.8 Å². The van der Waals surface area contributed by atoms with E-state index >= 15 is 0 Å². The highest BCUT2D eigenvalue weighted by Gasteiger charge is 2.16. The number of nitrogens with two attached hydrogens (primary N) is 1. The van der Waals surface area contributed by atoms with Gasteiger partial charge in [-0.3, -0.25) is 9.36 Å². The number of hydrogen-bond donors (Lipinski definition) is 2. The zero-order valence-electron chi connectivity index (χ0n) is 9.79. The van der Waals surface area contributed by atoms with Gasteiger partial charge in [0.05, 0.1) is 18.4 Å². The Morgan fingerprint density at radius 1 is 1.65 bits per heavy atom. The Bertz CT molecular complexity index is 382. The predicted octanol–water partition coefficient (Wildman–Crippen LogP) is 0.634. The first-order valence-corrected chi connectivity index (χ1v) is 6.17. The van der Waals surface area contributed by atoms with Crippen molar-refractivity contribution in [2.75, 3.05) is 24.7 Å². The molecular weight excluding hydrogens is 244 g/mol. The molecule has 0 aliphatic rings. The Hall–Kier alpha value is -1.28. The first-order valence-electron chi connectivity index (χ1n) is 5.19. The SMILES string of the molecule is CCOCC(C)n1c(N)nnc1SCC(=O)O. The molecule has 1 heterocycles. The summed E-state index contributed by atoms with van der Waals surface area (Å²) in [7, 11) is 0. The number of nitrogens with zero attached hydrogens (tertiary/aromatic N) is 3. The summed E-state index contributed by atoms with van der Waals surface area (Å²) in [6.07, 6.45) is 0. The minimum atomic E-state index is -0.902. The second-order valence-electron chi connectivity index (χ2n) is 3.40. The van der Waals surface area contributed by atoms with Crippen LogP contribution in [-0.2, 0) is 9.53 Å².